The van der Waals surface area contributed by atoms with Gasteiger partial charge in [0.25, 0.3) is 0 Å². The zero-order chi connectivity index (χ0) is 12.0. The number of halogens is 1. The van der Waals surface area contributed by atoms with Crippen LogP contribution >= 0.6 is 15.9 Å². The first-order valence-electron chi connectivity index (χ1n) is 5.19. The van der Waals surface area contributed by atoms with Crippen LogP contribution in [0.4, 0.5) is 0 Å². The summed E-state index contributed by atoms with van der Waals surface area (Å²) in [7, 11) is 0. The largest absolute Gasteiger partial charge is 0.486 e. The van der Waals surface area contributed by atoms with Crippen molar-refractivity contribution < 1.29 is 13.9 Å². The molecule has 0 N–H and O–H groups in total. The van der Waals surface area contributed by atoms with Crippen LogP contribution in [0, 0.1) is 6.92 Å². The minimum Gasteiger partial charge on any atom is -0.486 e. The second-order valence-electron chi connectivity index (χ2n) is 3.82. The van der Waals surface area contributed by atoms with Crippen LogP contribution in [0.25, 0.3) is 11.0 Å². The van der Waals surface area contributed by atoms with E-state index in [1.165, 1.54) is 0 Å². The van der Waals surface area contributed by atoms with Crippen molar-refractivity contribution in [3.63, 3.8) is 0 Å². The van der Waals surface area contributed by atoms with E-state index in [9.17, 15) is 4.79 Å². The van der Waals surface area contributed by atoms with Gasteiger partial charge in [0.05, 0.1) is 0 Å². The molecule has 1 aliphatic heterocycles. The van der Waals surface area contributed by atoms with Gasteiger partial charge >= 0.3 is 5.63 Å². The Balaban J connectivity index is 2.38. The van der Waals surface area contributed by atoms with Gasteiger partial charge in [0, 0.05) is 11.5 Å². The molecule has 5 heteroatoms. The first-order valence-corrected chi connectivity index (χ1v) is 5.98. The van der Waals surface area contributed by atoms with Crippen molar-refractivity contribution in [2.24, 2.45) is 0 Å². The van der Waals surface area contributed by atoms with Crippen molar-refractivity contribution in [2.75, 3.05) is 13.2 Å². The summed E-state index contributed by atoms with van der Waals surface area (Å²) in [5, 5.41) is 0.848. The standard InChI is InChI=1S/C12H9BrO4/c1-6-7-4-9-10(16-3-2-15-9)5-8(7)17-12(14)11(6)13/h4-5H,2-3H2,1H3. The fourth-order valence-electron chi connectivity index (χ4n) is 1.86. The maximum Gasteiger partial charge on any atom is 0.350 e. The smallest absolute Gasteiger partial charge is 0.350 e. The van der Waals surface area contributed by atoms with Gasteiger partial charge in [-0.25, -0.2) is 4.79 Å². The highest BCUT2D eigenvalue weighted by molar-refractivity contribution is 9.10. The van der Waals surface area contributed by atoms with Gasteiger partial charge in [-0.05, 0) is 34.5 Å². The molecule has 0 atom stereocenters. The maximum absolute atomic E-state index is 11.5. The summed E-state index contributed by atoms with van der Waals surface area (Å²) in [5.74, 6) is 1.31. The molecule has 17 heavy (non-hydrogen) atoms. The van der Waals surface area contributed by atoms with E-state index in [1.54, 1.807) is 6.07 Å². The van der Waals surface area contributed by atoms with E-state index in [4.69, 9.17) is 13.9 Å². The van der Waals surface area contributed by atoms with Gasteiger partial charge < -0.3 is 13.9 Å². The van der Waals surface area contributed by atoms with E-state index in [0.29, 0.717) is 34.8 Å². The van der Waals surface area contributed by atoms with Crippen molar-refractivity contribution >= 4 is 26.9 Å². The number of hydrogen-bond acceptors (Lipinski definition) is 4. The highest BCUT2D eigenvalue weighted by Gasteiger charge is 2.16. The van der Waals surface area contributed by atoms with Crippen molar-refractivity contribution in [3.05, 3.63) is 32.6 Å². The normalized spacial score (nSPS) is 14.0. The molecule has 2 aromatic rings. The second kappa shape index (κ2) is 3.77. The highest BCUT2D eigenvalue weighted by Crippen LogP contribution is 2.36. The van der Waals surface area contributed by atoms with Gasteiger partial charge in [-0.3, -0.25) is 0 Å². The Kier molecular flexibility index (Phi) is 2.36. The molecule has 0 bridgehead atoms. The van der Waals surface area contributed by atoms with E-state index >= 15 is 0 Å². The summed E-state index contributed by atoms with van der Waals surface area (Å²) in [6.07, 6.45) is 0. The number of fused-ring (bicyclic) bond motifs is 2. The lowest BCUT2D eigenvalue weighted by molar-refractivity contribution is 0.172. The van der Waals surface area contributed by atoms with Crippen LogP contribution in [0.1, 0.15) is 5.56 Å². The molecule has 1 aliphatic rings. The first kappa shape index (κ1) is 10.7. The SMILES string of the molecule is Cc1c(Br)c(=O)oc2cc3c(cc12)OCCO3. The van der Waals surface area contributed by atoms with Gasteiger partial charge in [0.15, 0.2) is 11.5 Å². The van der Waals surface area contributed by atoms with Gasteiger partial charge in [0.1, 0.15) is 23.3 Å². The fraction of sp³-hybridized carbons (Fsp3) is 0.250. The predicted octanol–water partition coefficient (Wildman–Crippen LogP) is 2.64. The molecule has 0 amide bonds. The Morgan fingerprint density at radius 2 is 1.82 bits per heavy atom. The first-order chi connectivity index (χ1) is 8.16. The van der Waals surface area contributed by atoms with E-state index in [-0.39, 0.29) is 5.63 Å². The zero-order valence-corrected chi connectivity index (χ0v) is 10.7. The lowest BCUT2D eigenvalue weighted by Gasteiger charge is -2.18. The number of ether oxygens (including phenoxy) is 2. The van der Waals surface area contributed by atoms with Gasteiger partial charge in [-0.1, -0.05) is 0 Å². The summed E-state index contributed by atoms with van der Waals surface area (Å²) >= 11 is 3.22. The molecule has 2 heterocycles. The average molecular weight is 297 g/mol. The molecule has 0 aliphatic carbocycles. The molecule has 0 spiro atoms. The van der Waals surface area contributed by atoms with Crippen LogP contribution < -0.4 is 15.1 Å². The molecular formula is C12H9BrO4. The molecule has 0 radical (unpaired) electrons. The Bertz CT molecular complexity index is 660. The quantitative estimate of drug-likeness (QED) is 0.701. The summed E-state index contributed by atoms with van der Waals surface area (Å²) < 4.78 is 16.6. The minimum absolute atomic E-state index is 0.383. The van der Waals surface area contributed by atoms with Crippen molar-refractivity contribution in [1.29, 1.82) is 0 Å². The zero-order valence-electron chi connectivity index (χ0n) is 9.08. The van der Waals surface area contributed by atoms with Crippen LogP contribution in [0.5, 0.6) is 11.5 Å². The van der Waals surface area contributed by atoms with Crippen molar-refractivity contribution in [2.45, 2.75) is 6.92 Å². The highest BCUT2D eigenvalue weighted by atomic mass is 79.9. The van der Waals surface area contributed by atoms with Crippen LogP contribution in [0.2, 0.25) is 0 Å². The van der Waals surface area contributed by atoms with Crippen LogP contribution in [0.3, 0.4) is 0 Å². The maximum atomic E-state index is 11.5. The number of benzene rings is 1. The van der Waals surface area contributed by atoms with E-state index in [2.05, 4.69) is 15.9 Å². The Morgan fingerprint density at radius 3 is 2.53 bits per heavy atom. The number of hydrogen-bond donors (Lipinski definition) is 0. The van der Waals surface area contributed by atoms with Gasteiger partial charge in [-0.2, -0.15) is 0 Å². The Morgan fingerprint density at radius 1 is 1.18 bits per heavy atom. The molecule has 3 rings (SSSR count). The minimum atomic E-state index is -0.383. The Hall–Kier alpha value is -1.49. The van der Waals surface area contributed by atoms with Crippen molar-refractivity contribution in [1.82, 2.24) is 0 Å². The molecule has 1 aromatic heterocycles. The third kappa shape index (κ3) is 1.61. The lowest BCUT2D eigenvalue weighted by Crippen LogP contribution is -2.15. The topological polar surface area (TPSA) is 48.7 Å². The van der Waals surface area contributed by atoms with Crippen LogP contribution in [-0.2, 0) is 0 Å². The van der Waals surface area contributed by atoms with Crippen LogP contribution in [0.15, 0.2) is 25.8 Å². The fourth-order valence-corrected chi connectivity index (χ4v) is 2.16. The lowest BCUT2D eigenvalue weighted by atomic mass is 10.1. The summed E-state index contributed by atoms with van der Waals surface area (Å²) in [5.41, 5.74) is 0.972. The van der Waals surface area contributed by atoms with Gasteiger partial charge in [-0.15, -0.1) is 0 Å². The molecular weight excluding hydrogens is 288 g/mol. The third-order valence-electron chi connectivity index (χ3n) is 2.76. The van der Waals surface area contributed by atoms with Crippen LogP contribution in [-0.4, -0.2) is 13.2 Å². The Labute approximate surface area is 105 Å². The summed E-state index contributed by atoms with van der Waals surface area (Å²) in [4.78, 5) is 11.5. The molecule has 4 nitrogen and oxygen atoms in total. The average Bonchev–Trinajstić information content (AvgIpc) is 2.34. The molecule has 0 unspecified atom stereocenters. The molecule has 0 fully saturated rings. The summed E-state index contributed by atoms with van der Waals surface area (Å²) in [6, 6.07) is 3.54. The number of aryl methyl sites for hydroxylation is 1. The van der Waals surface area contributed by atoms with E-state index in [0.717, 1.165) is 10.9 Å². The third-order valence-corrected chi connectivity index (χ3v) is 3.68. The van der Waals surface area contributed by atoms with Crippen molar-refractivity contribution in [3.8, 4) is 11.5 Å². The second-order valence-corrected chi connectivity index (χ2v) is 4.61. The molecule has 0 saturated carbocycles. The monoisotopic (exact) mass is 296 g/mol. The van der Waals surface area contributed by atoms with E-state index in [1.807, 2.05) is 13.0 Å². The van der Waals surface area contributed by atoms with Gasteiger partial charge in [0.2, 0.25) is 0 Å². The molecule has 0 saturated heterocycles. The number of rotatable bonds is 0. The predicted molar refractivity (Wildman–Crippen MR) is 65.9 cm³/mol. The summed E-state index contributed by atoms with van der Waals surface area (Å²) in [6.45, 7) is 2.91. The molecule has 88 valence electrons. The molecule has 1 aromatic carbocycles. The van der Waals surface area contributed by atoms with E-state index < -0.39 is 0 Å².